The van der Waals surface area contributed by atoms with Gasteiger partial charge in [-0.1, -0.05) is 12.1 Å². The normalized spacial score (nSPS) is 20.2. The van der Waals surface area contributed by atoms with E-state index in [1.54, 1.807) is 6.92 Å². The summed E-state index contributed by atoms with van der Waals surface area (Å²) in [6, 6.07) is 5.63. The zero-order valence-electron chi connectivity index (χ0n) is 10.5. The Balaban J connectivity index is 2.03. The average Bonchev–Trinajstić information content (AvgIpc) is 2.72. The van der Waals surface area contributed by atoms with E-state index in [-0.39, 0.29) is 12.7 Å². The Morgan fingerprint density at radius 1 is 1.61 bits per heavy atom. The highest BCUT2D eigenvalue weighted by atomic mass is 16.6. The molecule has 1 saturated heterocycles. The molecule has 1 amide bonds. The highest BCUT2D eigenvalue weighted by molar-refractivity contribution is 5.69. The fourth-order valence-electron chi connectivity index (χ4n) is 1.82. The van der Waals surface area contributed by atoms with Gasteiger partial charge in [0.1, 0.15) is 12.4 Å². The second kappa shape index (κ2) is 5.27. The first kappa shape index (κ1) is 12.7. The van der Waals surface area contributed by atoms with Crippen molar-refractivity contribution in [2.24, 2.45) is 0 Å². The van der Waals surface area contributed by atoms with Crippen LogP contribution in [0.5, 0.6) is 5.75 Å². The van der Waals surface area contributed by atoms with E-state index in [4.69, 9.17) is 9.47 Å². The minimum absolute atomic E-state index is 0.278. The molecule has 1 aromatic carbocycles. The molecule has 1 heterocycles. The average molecular weight is 251 g/mol. The maximum atomic E-state index is 10.9. The number of carbonyl (C=O) groups excluding carboxylic acids is 1. The molecule has 2 atom stereocenters. The van der Waals surface area contributed by atoms with Gasteiger partial charge in [-0.2, -0.15) is 0 Å². The summed E-state index contributed by atoms with van der Waals surface area (Å²) in [4.78, 5) is 10.9. The molecule has 0 spiro atoms. The van der Waals surface area contributed by atoms with Crippen LogP contribution in [0.1, 0.15) is 24.2 Å². The van der Waals surface area contributed by atoms with Crippen molar-refractivity contribution in [1.82, 2.24) is 5.32 Å². The smallest absolute Gasteiger partial charge is 0.407 e. The molecule has 2 rings (SSSR count). The number of rotatable bonds is 4. The van der Waals surface area contributed by atoms with E-state index in [9.17, 15) is 9.90 Å². The standard InChI is InChI=1S/C13H17NO4/c1-8-3-4-11(9(2)15)12(5-8)17-7-10-6-14-13(16)18-10/h3-5,9-10,15H,6-7H2,1-2H3,(H,14,16). The number of cyclic esters (lactones) is 1. The summed E-state index contributed by atoms with van der Waals surface area (Å²) in [6.07, 6.45) is -1.28. The van der Waals surface area contributed by atoms with E-state index in [2.05, 4.69) is 5.32 Å². The van der Waals surface area contributed by atoms with Crippen LogP contribution in [0.3, 0.4) is 0 Å². The molecule has 0 saturated carbocycles. The molecule has 2 N–H and O–H groups in total. The highest BCUT2D eigenvalue weighted by Crippen LogP contribution is 2.26. The van der Waals surface area contributed by atoms with Gasteiger partial charge < -0.3 is 19.9 Å². The van der Waals surface area contributed by atoms with Gasteiger partial charge >= 0.3 is 6.09 Å². The number of amides is 1. The molecule has 5 heteroatoms. The zero-order valence-corrected chi connectivity index (χ0v) is 10.5. The van der Waals surface area contributed by atoms with Crippen molar-refractivity contribution >= 4 is 6.09 Å². The van der Waals surface area contributed by atoms with Crippen molar-refractivity contribution in [3.63, 3.8) is 0 Å². The third-order valence-corrected chi connectivity index (χ3v) is 2.79. The largest absolute Gasteiger partial charge is 0.489 e. The first-order chi connectivity index (χ1) is 8.56. The van der Waals surface area contributed by atoms with Gasteiger partial charge in [0.05, 0.1) is 12.6 Å². The molecular weight excluding hydrogens is 234 g/mol. The Kier molecular flexibility index (Phi) is 3.72. The van der Waals surface area contributed by atoms with Crippen LogP contribution in [0.15, 0.2) is 18.2 Å². The van der Waals surface area contributed by atoms with E-state index in [1.165, 1.54) is 0 Å². The quantitative estimate of drug-likeness (QED) is 0.851. The zero-order chi connectivity index (χ0) is 13.1. The van der Waals surface area contributed by atoms with Gasteiger partial charge in [-0.25, -0.2) is 4.79 Å². The number of aliphatic hydroxyl groups excluding tert-OH is 1. The van der Waals surface area contributed by atoms with E-state index in [1.807, 2.05) is 25.1 Å². The number of nitrogens with one attached hydrogen (secondary N) is 1. The molecule has 0 aliphatic carbocycles. The molecule has 2 unspecified atom stereocenters. The van der Waals surface area contributed by atoms with Crippen LogP contribution in [0.25, 0.3) is 0 Å². The lowest BCUT2D eigenvalue weighted by Gasteiger charge is -2.16. The van der Waals surface area contributed by atoms with Crippen LogP contribution in [0.4, 0.5) is 4.79 Å². The van der Waals surface area contributed by atoms with Gasteiger partial charge in [-0.05, 0) is 25.5 Å². The Morgan fingerprint density at radius 3 is 3.00 bits per heavy atom. The number of aryl methyl sites for hydroxylation is 1. The number of aliphatic hydroxyl groups is 1. The van der Waals surface area contributed by atoms with E-state index in [0.717, 1.165) is 11.1 Å². The van der Waals surface area contributed by atoms with Crippen molar-refractivity contribution in [2.75, 3.05) is 13.2 Å². The molecular formula is C13H17NO4. The van der Waals surface area contributed by atoms with E-state index in [0.29, 0.717) is 12.3 Å². The molecule has 0 aromatic heterocycles. The second-order valence-electron chi connectivity index (χ2n) is 4.44. The molecule has 1 fully saturated rings. The third-order valence-electron chi connectivity index (χ3n) is 2.79. The number of hydrogen-bond donors (Lipinski definition) is 2. The SMILES string of the molecule is Cc1ccc(C(C)O)c(OCC2CNC(=O)O2)c1. The molecule has 0 bridgehead atoms. The minimum Gasteiger partial charge on any atom is -0.489 e. The van der Waals surface area contributed by atoms with Gasteiger partial charge in [0, 0.05) is 5.56 Å². The first-order valence-corrected chi connectivity index (χ1v) is 5.92. The topological polar surface area (TPSA) is 67.8 Å². The van der Waals surface area contributed by atoms with Crippen LogP contribution >= 0.6 is 0 Å². The summed E-state index contributed by atoms with van der Waals surface area (Å²) in [5.41, 5.74) is 1.79. The highest BCUT2D eigenvalue weighted by Gasteiger charge is 2.23. The summed E-state index contributed by atoms with van der Waals surface area (Å²) >= 11 is 0. The number of ether oxygens (including phenoxy) is 2. The van der Waals surface area contributed by atoms with Gasteiger partial charge in [-0.3, -0.25) is 0 Å². The summed E-state index contributed by atoms with van der Waals surface area (Å²) in [7, 11) is 0. The number of alkyl carbamates (subject to hydrolysis) is 1. The van der Waals surface area contributed by atoms with Gasteiger partial charge in [0.25, 0.3) is 0 Å². The number of benzene rings is 1. The Bertz CT molecular complexity index is 445. The molecule has 5 nitrogen and oxygen atoms in total. The predicted octanol–water partition coefficient (Wildman–Crippen LogP) is 1.54. The van der Waals surface area contributed by atoms with Crippen molar-refractivity contribution < 1.29 is 19.4 Å². The molecule has 1 aliphatic heterocycles. The minimum atomic E-state index is -0.593. The summed E-state index contributed by atoms with van der Waals surface area (Å²) in [6.45, 7) is 4.38. The monoisotopic (exact) mass is 251 g/mol. The van der Waals surface area contributed by atoms with Crippen LogP contribution in [0.2, 0.25) is 0 Å². The van der Waals surface area contributed by atoms with E-state index < -0.39 is 12.2 Å². The fraction of sp³-hybridized carbons (Fsp3) is 0.462. The summed E-state index contributed by atoms with van der Waals surface area (Å²) in [5, 5.41) is 12.2. The van der Waals surface area contributed by atoms with Crippen molar-refractivity contribution in [1.29, 1.82) is 0 Å². The maximum absolute atomic E-state index is 10.9. The Morgan fingerprint density at radius 2 is 2.39 bits per heavy atom. The lowest BCUT2D eigenvalue weighted by Crippen LogP contribution is -2.22. The maximum Gasteiger partial charge on any atom is 0.407 e. The van der Waals surface area contributed by atoms with Crippen molar-refractivity contribution in [3.05, 3.63) is 29.3 Å². The fourth-order valence-corrected chi connectivity index (χ4v) is 1.82. The van der Waals surface area contributed by atoms with E-state index >= 15 is 0 Å². The van der Waals surface area contributed by atoms with Gasteiger partial charge in [0.2, 0.25) is 0 Å². The second-order valence-corrected chi connectivity index (χ2v) is 4.44. The Labute approximate surface area is 106 Å². The van der Waals surface area contributed by atoms with Crippen molar-refractivity contribution in [3.8, 4) is 5.75 Å². The first-order valence-electron chi connectivity index (χ1n) is 5.92. The Hall–Kier alpha value is -1.75. The molecule has 0 radical (unpaired) electrons. The summed E-state index contributed by atoms with van der Waals surface area (Å²) < 4.78 is 10.6. The molecule has 18 heavy (non-hydrogen) atoms. The number of carbonyl (C=O) groups is 1. The van der Waals surface area contributed by atoms with Gasteiger partial charge in [0.15, 0.2) is 6.10 Å². The summed E-state index contributed by atoms with van der Waals surface area (Å²) in [5.74, 6) is 0.632. The third kappa shape index (κ3) is 2.92. The predicted molar refractivity (Wildman–Crippen MR) is 65.6 cm³/mol. The van der Waals surface area contributed by atoms with Crippen LogP contribution in [-0.2, 0) is 4.74 Å². The lowest BCUT2D eigenvalue weighted by atomic mass is 10.1. The van der Waals surface area contributed by atoms with Gasteiger partial charge in [-0.15, -0.1) is 0 Å². The van der Waals surface area contributed by atoms with Crippen LogP contribution in [0, 0.1) is 6.92 Å². The van der Waals surface area contributed by atoms with Crippen LogP contribution in [-0.4, -0.2) is 30.5 Å². The molecule has 1 aliphatic rings. The lowest BCUT2D eigenvalue weighted by molar-refractivity contribution is 0.102. The van der Waals surface area contributed by atoms with Crippen molar-refractivity contribution in [2.45, 2.75) is 26.1 Å². The molecule has 1 aromatic rings. The molecule has 98 valence electrons. The number of hydrogen-bond acceptors (Lipinski definition) is 4. The van der Waals surface area contributed by atoms with Crippen LogP contribution < -0.4 is 10.1 Å².